The Labute approximate surface area is 145 Å². The number of hydrogen-bond donors (Lipinski definition) is 2. The molecule has 0 saturated carbocycles. The fourth-order valence-corrected chi connectivity index (χ4v) is 2.22. The third-order valence-electron chi connectivity index (χ3n) is 3.56. The number of piperazine rings is 1. The summed E-state index contributed by atoms with van der Waals surface area (Å²) in [4.78, 5) is 14.1. The van der Waals surface area contributed by atoms with Crippen LogP contribution in [-0.2, 0) is 11.0 Å². The molecule has 0 radical (unpaired) electrons. The maximum absolute atomic E-state index is 12.5. The minimum atomic E-state index is -4.36. The van der Waals surface area contributed by atoms with E-state index in [0.717, 1.165) is 38.3 Å². The molecule has 0 aromatic heterocycles. The summed E-state index contributed by atoms with van der Waals surface area (Å²) >= 11 is 0. The number of benzene rings is 1. The Bertz CT molecular complexity index is 491. The van der Waals surface area contributed by atoms with Crippen LogP contribution in [0.4, 0.5) is 18.9 Å². The van der Waals surface area contributed by atoms with Gasteiger partial charge in [0.2, 0.25) is 5.91 Å². The summed E-state index contributed by atoms with van der Waals surface area (Å²) in [5, 5.41) is 5.85. The molecule has 2 N–H and O–H groups in total. The van der Waals surface area contributed by atoms with Crippen LogP contribution >= 0.6 is 24.8 Å². The molecule has 1 saturated heterocycles. The molecule has 1 aromatic rings. The van der Waals surface area contributed by atoms with Gasteiger partial charge >= 0.3 is 6.18 Å². The molecule has 0 bridgehead atoms. The van der Waals surface area contributed by atoms with Crippen LogP contribution in [0, 0.1) is 0 Å². The molecule has 23 heavy (non-hydrogen) atoms. The van der Waals surface area contributed by atoms with Crippen molar-refractivity contribution in [1.82, 2.24) is 10.2 Å². The SMILES string of the molecule is CC(C(=O)Nc1ccc(C(F)(F)F)cc1)N1CCNCC1.Cl.Cl. The molecule has 1 heterocycles. The van der Waals surface area contributed by atoms with E-state index < -0.39 is 11.7 Å². The summed E-state index contributed by atoms with van der Waals surface area (Å²) in [6, 6.07) is 4.15. The number of nitrogens with zero attached hydrogens (tertiary/aromatic N) is 1. The Kier molecular flexibility index (Phi) is 8.90. The first-order valence-corrected chi connectivity index (χ1v) is 6.81. The molecule has 1 amide bonds. The van der Waals surface area contributed by atoms with Crippen LogP contribution in [-0.4, -0.2) is 43.0 Å². The number of nitrogens with one attached hydrogen (secondary N) is 2. The van der Waals surface area contributed by atoms with E-state index in [1.165, 1.54) is 12.1 Å². The van der Waals surface area contributed by atoms with Gasteiger partial charge in [0.1, 0.15) is 0 Å². The van der Waals surface area contributed by atoms with Crippen molar-refractivity contribution in [2.75, 3.05) is 31.5 Å². The van der Waals surface area contributed by atoms with Gasteiger partial charge in [0, 0.05) is 31.9 Å². The largest absolute Gasteiger partial charge is 0.416 e. The smallest absolute Gasteiger partial charge is 0.325 e. The molecule has 4 nitrogen and oxygen atoms in total. The van der Waals surface area contributed by atoms with Crippen LogP contribution < -0.4 is 10.6 Å². The Morgan fingerprint density at radius 2 is 1.70 bits per heavy atom. The lowest BCUT2D eigenvalue weighted by Crippen LogP contribution is -2.51. The van der Waals surface area contributed by atoms with E-state index in [-0.39, 0.29) is 36.8 Å². The van der Waals surface area contributed by atoms with Crippen molar-refractivity contribution in [3.05, 3.63) is 29.8 Å². The van der Waals surface area contributed by atoms with Crippen molar-refractivity contribution >= 4 is 36.4 Å². The highest BCUT2D eigenvalue weighted by molar-refractivity contribution is 5.94. The Morgan fingerprint density at radius 3 is 2.17 bits per heavy atom. The number of amides is 1. The first-order chi connectivity index (χ1) is 9.88. The number of carbonyl (C=O) groups is 1. The van der Waals surface area contributed by atoms with Crippen LogP contribution in [0.1, 0.15) is 12.5 Å². The van der Waals surface area contributed by atoms with E-state index in [9.17, 15) is 18.0 Å². The summed E-state index contributed by atoms with van der Waals surface area (Å²) in [6.45, 7) is 5.02. The lowest BCUT2D eigenvalue weighted by Gasteiger charge is -2.31. The third kappa shape index (κ3) is 6.18. The van der Waals surface area contributed by atoms with Crippen LogP contribution in [0.25, 0.3) is 0 Å². The van der Waals surface area contributed by atoms with Crippen molar-refractivity contribution in [3.63, 3.8) is 0 Å². The number of hydrogen-bond acceptors (Lipinski definition) is 3. The van der Waals surface area contributed by atoms with Gasteiger partial charge in [-0.15, -0.1) is 24.8 Å². The average Bonchev–Trinajstić information content (AvgIpc) is 2.47. The molecule has 1 aliphatic rings. The van der Waals surface area contributed by atoms with Crippen molar-refractivity contribution in [2.24, 2.45) is 0 Å². The van der Waals surface area contributed by atoms with Gasteiger partial charge in [-0.1, -0.05) is 0 Å². The Morgan fingerprint density at radius 1 is 1.17 bits per heavy atom. The summed E-state index contributed by atoms with van der Waals surface area (Å²) in [5.74, 6) is -0.211. The second kappa shape index (κ2) is 9.32. The highest BCUT2D eigenvalue weighted by Crippen LogP contribution is 2.29. The molecule has 1 fully saturated rings. The van der Waals surface area contributed by atoms with Gasteiger partial charge in [0.05, 0.1) is 11.6 Å². The van der Waals surface area contributed by atoms with Crippen LogP contribution in [0.3, 0.4) is 0 Å². The van der Waals surface area contributed by atoms with Crippen molar-refractivity contribution in [2.45, 2.75) is 19.1 Å². The van der Waals surface area contributed by atoms with Gasteiger partial charge in [0.25, 0.3) is 0 Å². The number of carbonyl (C=O) groups excluding carboxylic acids is 1. The number of anilines is 1. The molecule has 132 valence electrons. The second-order valence-electron chi connectivity index (χ2n) is 5.03. The van der Waals surface area contributed by atoms with E-state index in [4.69, 9.17) is 0 Å². The normalized spacial score (nSPS) is 16.7. The van der Waals surface area contributed by atoms with Crippen molar-refractivity contribution < 1.29 is 18.0 Å². The van der Waals surface area contributed by atoms with E-state index in [1.54, 1.807) is 6.92 Å². The van der Waals surface area contributed by atoms with Crippen LogP contribution in [0.15, 0.2) is 24.3 Å². The summed E-state index contributed by atoms with van der Waals surface area (Å²) in [6.07, 6.45) is -4.36. The van der Waals surface area contributed by atoms with E-state index >= 15 is 0 Å². The molecular formula is C14H20Cl2F3N3O. The molecule has 1 aliphatic heterocycles. The zero-order valence-corrected chi connectivity index (χ0v) is 14.2. The third-order valence-corrected chi connectivity index (χ3v) is 3.56. The first kappa shape index (κ1) is 22.0. The monoisotopic (exact) mass is 373 g/mol. The zero-order chi connectivity index (χ0) is 15.5. The Hall–Kier alpha value is -1.02. The van der Waals surface area contributed by atoms with Crippen LogP contribution in [0.2, 0.25) is 0 Å². The molecule has 2 rings (SSSR count). The lowest BCUT2D eigenvalue weighted by atomic mass is 10.2. The quantitative estimate of drug-likeness (QED) is 0.855. The molecule has 0 spiro atoms. The molecule has 1 atom stereocenters. The molecule has 0 aliphatic carbocycles. The maximum Gasteiger partial charge on any atom is 0.416 e. The minimum Gasteiger partial charge on any atom is -0.325 e. The van der Waals surface area contributed by atoms with E-state index in [2.05, 4.69) is 10.6 Å². The zero-order valence-electron chi connectivity index (χ0n) is 12.5. The molecule has 9 heteroatoms. The standard InChI is InChI=1S/C14H18F3N3O.2ClH/c1-10(20-8-6-18-7-9-20)13(21)19-12-4-2-11(3-5-12)14(15,16)17;;/h2-5,10,18H,6-9H2,1H3,(H,19,21);2*1H. The predicted octanol–water partition coefficient (Wildman–Crippen LogP) is 2.78. The summed E-state index contributed by atoms with van der Waals surface area (Å²) < 4.78 is 37.4. The first-order valence-electron chi connectivity index (χ1n) is 6.81. The highest BCUT2D eigenvalue weighted by Gasteiger charge is 2.30. The van der Waals surface area contributed by atoms with Gasteiger partial charge in [0.15, 0.2) is 0 Å². The molecule has 1 aromatic carbocycles. The van der Waals surface area contributed by atoms with Gasteiger partial charge in [-0.3, -0.25) is 9.69 Å². The van der Waals surface area contributed by atoms with Gasteiger partial charge in [-0.05, 0) is 31.2 Å². The van der Waals surface area contributed by atoms with E-state index in [0.29, 0.717) is 5.69 Å². The number of rotatable bonds is 3. The Balaban J connectivity index is 0.00000242. The van der Waals surface area contributed by atoms with Gasteiger partial charge in [-0.25, -0.2) is 0 Å². The van der Waals surface area contributed by atoms with E-state index in [1.807, 2.05) is 4.90 Å². The summed E-state index contributed by atoms with van der Waals surface area (Å²) in [5.41, 5.74) is -0.356. The van der Waals surface area contributed by atoms with Gasteiger partial charge in [-0.2, -0.15) is 13.2 Å². The van der Waals surface area contributed by atoms with Crippen molar-refractivity contribution in [3.8, 4) is 0 Å². The van der Waals surface area contributed by atoms with Crippen LogP contribution in [0.5, 0.6) is 0 Å². The fourth-order valence-electron chi connectivity index (χ4n) is 2.22. The fraction of sp³-hybridized carbons (Fsp3) is 0.500. The maximum atomic E-state index is 12.5. The minimum absolute atomic E-state index is 0. The molecular weight excluding hydrogens is 354 g/mol. The topological polar surface area (TPSA) is 44.4 Å². The number of alkyl halides is 3. The lowest BCUT2D eigenvalue weighted by molar-refractivity contribution is -0.137. The highest BCUT2D eigenvalue weighted by atomic mass is 35.5. The average molecular weight is 374 g/mol. The molecule has 1 unspecified atom stereocenters. The second-order valence-corrected chi connectivity index (χ2v) is 5.03. The van der Waals surface area contributed by atoms with Crippen molar-refractivity contribution in [1.29, 1.82) is 0 Å². The number of halogens is 5. The summed E-state index contributed by atoms with van der Waals surface area (Å²) in [7, 11) is 0. The predicted molar refractivity (Wildman–Crippen MR) is 88.5 cm³/mol. The van der Waals surface area contributed by atoms with Gasteiger partial charge < -0.3 is 10.6 Å².